The Morgan fingerprint density at radius 2 is 2.29 bits per heavy atom. The number of aryl methyl sites for hydroxylation is 1. The van der Waals surface area contributed by atoms with Gasteiger partial charge < -0.3 is 5.32 Å². The number of hydrogen-bond donors (Lipinski definition) is 1. The maximum Gasteiger partial charge on any atom is 0.265 e. The Hall–Kier alpha value is -1.99. The molecule has 0 spiro atoms. The molecule has 0 unspecified atom stereocenters. The molecule has 0 fully saturated rings. The van der Waals surface area contributed by atoms with Crippen LogP contribution in [0.3, 0.4) is 0 Å². The van der Waals surface area contributed by atoms with Crippen LogP contribution in [0.5, 0.6) is 0 Å². The summed E-state index contributed by atoms with van der Waals surface area (Å²) in [6, 6.07) is 5.50. The van der Waals surface area contributed by atoms with Crippen LogP contribution >= 0.6 is 27.3 Å². The molecule has 5 nitrogen and oxygen atoms in total. The van der Waals surface area contributed by atoms with Gasteiger partial charge >= 0.3 is 0 Å². The molecular formula is C14H11BrN4OS. The van der Waals surface area contributed by atoms with Gasteiger partial charge in [-0.05, 0) is 46.6 Å². The summed E-state index contributed by atoms with van der Waals surface area (Å²) >= 11 is 4.83. The van der Waals surface area contributed by atoms with Crippen molar-refractivity contribution in [1.29, 1.82) is 0 Å². The number of pyridine rings is 1. The van der Waals surface area contributed by atoms with Crippen molar-refractivity contribution in [2.45, 2.75) is 6.92 Å². The zero-order valence-electron chi connectivity index (χ0n) is 11.1. The number of nitrogens with zero attached hydrogens (tertiary/aromatic N) is 3. The van der Waals surface area contributed by atoms with E-state index in [1.807, 2.05) is 31.3 Å². The third-order valence-corrected chi connectivity index (χ3v) is 4.99. The second-order valence-corrected chi connectivity index (χ2v) is 6.77. The Labute approximate surface area is 133 Å². The van der Waals surface area contributed by atoms with Gasteiger partial charge in [0, 0.05) is 12.4 Å². The third kappa shape index (κ3) is 3.03. The van der Waals surface area contributed by atoms with Crippen molar-refractivity contribution in [2.75, 3.05) is 5.32 Å². The fourth-order valence-electron chi connectivity index (χ4n) is 1.77. The lowest BCUT2D eigenvalue weighted by Crippen LogP contribution is -2.10. The Morgan fingerprint density at radius 3 is 2.86 bits per heavy atom. The maximum absolute atomic E-state index is 12.1. The van der Waals surface area contributed by atoms with E-state index in [0.717, 1.165) is 15.2 Å². The van der Waals surface area contributed by atoms with E-state index >= 15 is 0 Å². The van der Waals surface area contributed by atoms with Crippen LogP contribution < -0.4 is 5.32 Å². The number of nitrogens with one attached hydrogen (secondary N) is 1. The summed E-state index contributed by atoms with van der Waals surface area (Å²) in [5.74, 6) is 0.617. The molecule has 3 heterocycles. The largest absolute Gasteiger partial charge is 0.320 e. The van der Waals surface area contributed by atoms with Gasteiger partial charge in [-0.15, -0.1) is 11.3 Å². The minimum atomic E-state index is -0.133. The lowest BCUT2D eigenvalue weighted by Gasteiger charge is -2.05. The molecule has 3 aromatic heterocycles. The van der Waals surface area contributed by atoms with Gasteiger partial charge in [-0.1, -0.05) is 0 Å². The molecule has 0 aliphatic rings. The van der Waals surface area contributed by atoms with Crippen molar-refractivity contribution in [3.8, 4) is 5.82 Å². The van der Waals surface area contributed by atoms with E-state index in [4.69, 9.17) is 0 Å². The van der Waals surface area contributed by atoms with Crippen LogP contribution in [0.4, 0.5) is 5.69 Å². The number of carbonyl (C=O) groups excluding carboxylic acids is 1. The van der Waals surface area contributed by atoms with E-state index < -0.39 is 0 Å². The third-order valence-electron chi connectivity index (χ3n) is 2.86. The van der Waals surface area contributed by atoms with Crippen molar-refractivity contribution in [2.24, 2.45) is 0 Å². The Kier molecular flexibility index (Phi) is 3.85. The molecule has 0 aliphatic heterocycles. The number of thiophene rings is 1. The summed E-state index contributed by atoms with van der Waals surface area (Å²) in [5, 5.41) is 2.83. The molecule has 7 heteroatoms. The van der Waals surface area contributed by atoms with Crippen LogP contribution in [-0.2, 0) is 0 Å². The average Bonchev–Trinajstić information content (AvgIpc) is 3.11. The minimum Gasteiger partial charge on any atom is -0.320 e. The van der Waals surface area contributed by atoms with Crippen LogP contribution in [0, 0.1) is 6.92 Å². The van der Waals surface area contributed by atoms with Crippen molar-refractivity contribution in [3.63, 3.8) is 0 Å². The molecule has 1 amide bonds. The normalized spacial score (nSPS) is 10.6. The number of halogens is 1. The summed E-state index contributed by atoms with van der Waals surface area (Å²) in [7, 11) is 0. The van der Waals surface area contributed by atoms with Gasteiger partial charge in [-0.25, -0.2) is 9.97 Å². The zero-order valence-corrected chi connectivity index (χ0v) is 13.5. The fraction of sp³-hybridized carbons (Fsp3) is 0.0714. The number of rotatable bonds is 3. The monoisotopic (exact) mass is 362 g/mol. The van der Waals surface area contributed by atoms with E-state index in [1.54, 1.807) is 23.3 Å². The topological polar surface area (TPSA) is 59.8 Å². The van der Waals surface area contributed by atoms with Gasteiger partial charge in [-0.3, -0.25) is 9.36 Å². The van der Waals surface area contributed by atoms with Crippen molar-refractivity contribution >= 4 is 38.9 Å². The first-order valence-corrected chi connectivity index (χ1v) is 7.76. The summed E-state index contributed by atoms with van der Waals surface area (Å²) in [5.41, 5.74) is 1.71. The molecule has 0 atom stereocenters. The predicted octanol–water partition coefficient (Wildman–Crippen LogP) is 3.65. The highest BCUT2D eigenvalue weighted by atomic mass is 79.9. The maximum atomic E-state index is 12.1. The molecule has 0 aliphatic carbocycles. The molecule has 0 bridgehead atoms. The molecule has 3 rings (SSSR count). The second kappa shape index (κ2) is 5.79. The SMILES string of the molecule is Cc1cc(C(=O)Nc2ccc(-n3ccnc3)nc2)sc1Br. The van der Waals surface area contributed by atoms with Gasteiger partial charge in [0.1, 0.15) is 12.1 Å². The smallest absolute Gasteiger partial charge is 0.265 e. The molecule has 0 radical (unpaired) electrons. The van der Waals surface area contributed by atoms with Crippen LogP contribution in [0.25, 0.3) is 5.82 Å². The Morgan fingerprint density at radius 1 is 1.43 bits per heavy atom. The van der Waals surface area contributed by atoms with E-state index in [-0.39, 0.29) is 5.91 Å². The van der Waals surface area contributed by atoms with Crippen LogP contribution in [0.1, 0.15) is 15.2 Å². The summed E-state index contributed by atoms with van der Waals surface area (Å²) < 4.78 is 2.77. The fourth-order valence-corrected chi connectivity index (χ4v) is 3.20. The Bertz CT molecular complexity index is 745. The van der Waals surface area contributed by atoms with Gasteiger partial charge in [-0.2, -0.15) is 0 Å². The van der Waals surface area contributed by atoms with E-state index in [9.17, 15) is 4.79 Å². The highest BCUT2D eigenvalue weighted by molar-refractivity contribution is 9.11. The van der Waals surface area contributed by atoms with Crippen molar-refractivity contribution in [1.82, 2.24) is 14.5 Å². The number of carbonyl (C=O) groups is 1. The van der Waals surface area contributed by atoms with Crippen molar-refractivity contribution in [3.05, 3.63) is 57.3 Å². The van der Waals surface area contributed by atoms with Gasteiger partial charge in [0.15, 0.2) is 0 Å². The molecule has 106 valence electrons. The second-order valence-electron chi connectivity index (χ2n) is 4.40. The standard InChI is InChI=1S/C14H11BrN4OS/c1-9-6-11(21-13(9)15)14(20)18-10-2-3-12(17-7-10)19-5-4-16-8-19/h2-8H,1H3,(H,18,20). The lowest BCUT2D eigenvalue weighted by atomic mass is 10.3. The first-order valence-electron chi connectivity index (χ1n) is 6.15. The van der Waals surface area contributed by atoms with E-state index in [2.05, 4.69) is 31.2 Å². The number of imidazole rings is 1. The quantitative estimate of drug-likeness (QED) is 0.773. The number of anilines is 1. The van der Waals surface area contributed by atoms with Crippen molar-refractivity contribution < 1.29 is 4.79 Å². The van der Waals surface area contributed by atoms with Gasteiger partial charge in [0.05, 0.1) is 20.5 Å². The molecular weight excluding hydrogens is 352 g/mol. The first-order chi connectivity index (χ1) is 10.1. The van der Waals surface area contributed by atoms with Crippen LogP contribution in [0.2, 0.25) is 0 Å². The highest BCUT2D eigenvalue weighted by Gasteiger charge is 2.11. The average molecular weight is 363 g/mol. The lowest BCUT2D eigenvalue weighted by molar-refractivity contribution is 0.103. The number of amides is 1. The van der Waals surface area contributed by atoms with Crippen LogP contribution in [0.15, 0.2) is 46.9 Å². The molecule has 0 aromatic carbocycles. The number of aromatic nitrogens is 3. The van der Waals surface area contributed by atoms with E-state index in [1.165, 1.54) is 11.3 Å². The summed E-state index contributed by atoms with van der Waals surface area (Å²) in [6.07, 6.45) is 6.80. The Balaban J connectivity index is 1.74. The molecule has 1 N–H and O–H groups in total. The molecule has 0 saturated heterocycles. The minimum absolute atomic E-state index is 0.133. The summed E-state index contributed by atoms with van der Waals surface area (Å²) in [6.45, 7) is 1.96. The first kappa shape index (κ1) is 14.0. The van der Waals surface area contributed by atoms with Gasteiger partial charge in [0.2, 0.25) is 0 Å². The van der Waals surface area contributed by atoms with Gasteiger partial charge in [0.25, 0.3) is 5.91 Å². The summed E-state index contributed by atoms with van der Waals surface area (Å²) in [4.78, 5) is 21.1. The molecule has 21 heavy (non-hydrogen) atoms. The highest BCUT2D eigenvalue weighted by Crippen LogP contribution is 2.27. The molecule has 0 saturated carbocycles. The number of hydrogen-bond acceptors (Lipinski definition) is 4. The zero-order chi connectivity index (χ0) is 14.8. The molecule has 3 aromatic rings. The predicted molar refractivity (Wildman–Crippen MR) is 86.1 cm³/mol. The van der Waals surface area contributed by atoms with Crippen LogP contribution in [-0.4, -0.2) is 20.4 Å². The van der Waals surface area contributed by atoms with E-state index in [0.29, 0.717) is 10.6 Å².